The van der Waals surface area contributed by atoms with Crippen LogP contribution in [0, 0.1) is 5.92 Å². The van der Waals surface area contributed by atoms with Crippen molar-refractivity contribution in [3.8, 4) is 0 Å². The quantitative estimate of drug-likeness (QED) is 0.429. The molecule has 2 saturated carbocycles. The monoisotopic (exact) mass is 323 g/mol. The van der Waals surface area contributed by atoms with Gasteiger partial charge in [-0.05, 0) is 25.2 Å². The first-order valence-corrected chi connectivity index (χ1v) is 9.26. The molecular weight excluding hydrogens is 290 g/mol. The van der Waals surface area contributed by atoms with Gasteiger partial charge in [0.15, 0.2) is 5.96 Å². The molecule has 5 nitrogen and oxygen atoms in total. The van der Waals surface area contributed by atoms with Gasteiger partial charge < -0.3 is 20.6 Å². The smallest absolute Gasteiger partial charge is 0.189 e. The van der Waals surface area contributed by atoms with E-state index in [1.54, 1.807) is 7.05 Å². The molecule has 5 heteroatoms. The molecule has 2 fully saturated rings. The fourth-order valence-electron chi connectivity index (χ4n) is 3.97. The third kappa shape index (κ3) is 5.79. The SMILES string of the molecule is CN=C(N)NC(C=O)(COC1CCCCC1)CC1CCCCC1. The molecule has 132 valence electrons. The van der Waals surface area contributed by atoms with Gasteiger partial charge in [0.25, 0.3) is 0 Å². The van der Waals surface area contributed by atoms with E-state index in [1.165, 1.54) is 51.4 Å². The maximum Gasteiger partial charge on any atom is 0.189 e. The Hall–Kier alpha value is -1.10. The minimum Gasteiger partial charge on any atom is -0.375 e. The number of hydrogen-bond donors (Lipinski definition) is 2. The Bertz CT molecular complexity index is 388. The molecule has 0 saturated heterocycles. The second-order valence-electron chi connectivity index (χ2n) is 7.29. The number of carbonyl (C=O) groups excluding carboxylic acids is 1. The number of aldehydes is 1. The van der Waals surface area contributed by atoms with Gasteiger partial charge in [0.1, 0.15) is 11.8 Å². The molecule has 0 radical (unpaired) electrons. The molecule has 1 atom stereocenters. The first-order chi connectivity index (χ1) is 11.2. The molecule has 2 rings (SSSR count). The molecule has 3 N–H and O–H groups in total. The van der Waals surface area contributed by atoms with Crippen molar-refractivity contribution in [1.82, 2.24) is 5.32 Å². The standard InChI is InChI=1S/C18H33N3O2/c1-20-17(19)21-18(13-22,12-15-8-4-2-5-9-15)14-23-16-10-6-3-7-11-16/h13,15-16H,2-12,14H2,1H3,(H3,19,20,21). The van der Waals surface area contributed by atoms with Crippen LogP contribution in [0.5, 0.6) is 0 Å². The Labute approximate surface area is 140 Å². The van der Waals surface area contributed by atoms with E-state index in [0.29, 0.717) is 18.5 Å². The summed E-state index contributed by atoms with van der Waals surface area (Å²) in [5, 5.41) is 3.15. The van der Waals surface area contributed by atoms with Crippen LogP contribution in [0.2, 0.25) is 0 Å². The average Bonchev–Trinajstić information content (AvgIpc) is 2.61. The van der Waals surface area contributed by atoms with Gasteiger partial charge in [-0.3, -0.25) is 4.99 Å². The van der Waals surface area contributed by atoms with Crippen molar-refractivity contribution in [2.75, 3.05) is 13.7 Å². The highest BCUT2D eigenvalue weighted by Crippen LogP contribution is 2.31. The van der Waals surface area contributed by atoms with Gasteiger partial charge in [0.2, 0.25) is 0 Å². The van der Waals surface area contributed by atoms with E-state index in [9.17, 15) is 4.79 Å². The number of hydrogen-bond acceptors (Lipinski definition) is 3. The van der Waals surface area contributed by atoms with Crippen LogP contribution in [-0.2, 0) is 9.53 Å². The number of ether oxygens (including phenoxy) is 1. The average molecular weight is 323 g/mol. The summed E-state index contributed by atoms with van der Waals surface area (Å²) >= 11 is 0. The molecule has 0 amide bonds. The predicted molar refractivity (Wildman–Crippen MR) is 93.5 cm³/mol. The van der Waals surface area contributed by atoms with Crippen molar-refractivity contribution in [3.05, 3.63) is 0 Å². The van der Waals surface area contributed by atoms with E-state index >= 15 is 0 Å². The highest BCUT2D eigenvalue weighted by Gasteiger charge is 2.35. The van der Waals surface area contributed by atoms with Crippen molar-refractivity contribution < 1.29 is 9.53 Å². The highest BCUT2D eigenvalue weighted by atomic mass is 16.5. The molecule has 0 aliphatic heterocycles. The maximum atomic E-state index is 12.0. The first-order valence-electron chi connectivity index (χ1n) is 9.26. The molecule has 23 heavy (non-hydrogen) atoms. The number of nitrogens with two attached hydrogens (primary N) is 1. The van der Waals surface area contributed by atoms with Gasteiger partial charge in [-0.25, -0.2) is 0 Å². The third-order valence-electron chi connectivity index (χ3n) is 5.35. The van der Waals surface area contributed by atoms with Crippen LogP contribution in [0.25, 0.3) is 0 Å². The number of guanidine groups is 1. The van der Waals surface area contributed by atoms with Crippen LogP contribution in [0.4, 0.5) is 0 Å². The Kier molecular flexibility index (Phi) is 7.34. The normalized spacial score (nSPS) is 24.1. The lowest BCUT2D eigenvalue weighted by Crippen LogP contribution is -2.57. The first kappa shape index (κ1) is 18.2. The summed E-state index contributed by atoms with van der Waals surface area (Å²) in [6, 6.07) is 0. The van der Waals surface area contributed by atoms with Crippen LogP contribution in [-0.4, -0.2) is 37.5 Å². The van der Waals surface area contributed by atoms with Gasteiger partial charge in [0, 0.05) is 7.05 Å². The molecule has 0 heterocycles. The molecule has 2 aliphatic rings. The second kappa shape index (κ2) is 9.26. The van der Waals surface area contributed by atoms with Gasteiger partial charge in [-0.15, -0.1) is 0 Å². The van der Waals surface area contributed by atoms with Crippen LogP contribution < -0.4 is 11.1 Å². The Morgan fingerprint density at radius 2 is 1.78 bits per heavy atom. The zero-order chi connectivity index (χ0) is 16.5. The van der Waals surface area contributed by atoms with Crippen molar-refractivity contribution in [1.29, 1.82) is 0 Å². The Morgan fingerprint density at radius 3 is 2.35 bits per heavy atom. The molecule has 0 bridgehead atoms. The number of carbonyl (C=O) groups is 1. The minimum absolute atomic E-state index is 0.288. The van der Waals surface area contributed by atoms with E-state index in [-0.39, 0.29) is 6.10 Å². The van der Waals surface area contributed by atoms with Crippen LogP contribution in [0.3, 0.4) is 0 Å². The van der Waals surface area contributed by atoms with Crippen LogP contribution >= 0.6 is 0 Å². The van der Waals surface area contributed by atoms with E-state index < -0.39 is 5.54 Å². The summed E-state index contributed by atoms with van der Waals surface area (Å²) in [4.78, 5) is 15.9. The van der Waals surface area contributed by atoms with E-state index in [4.69, 9.17) is 10.5 Å². The molecule has 1 unspecified atom stereocenters. The molecule has 0 aromatic rings. The number of nitrogens with zero attached hydrogens (tertiary/aromatic N) is 1. The fourth-order valence-corrected chi connectivity index (χ4v) is 3.97. The van der Waals surface area contributed by atoms with E-state index in [1.807, 2.05) is 0 Å². The molecule has 2 aliphatic carbocycles. The van der Waals surface area contributed by atoms with Crippen molar-refractivity contribution >= 4 is 12.2 Å². The zero-order valence-electron chi connectivity index (χ0n) is 14.6. The summed E-state index contributed by atoms with van der Waals surface area (Å²) in [6.07, 6.45) is 14.3. The van der Waals surface area contributed by atoms with Crippen LogP contribution in [0.15, 0.2) is 4.99 Å². The fraction of sp³-hybridized carbons (Fsp3) is 0.889. The van der Waals surface area contributed by atoms with Gasteiger partial charge in [-0.2, -0.15) is 0 Å². The van der Waals surface area contributed by atoms with Crippen molar-refractivity contribution in [3.63, 3.8) is 0 Å². The molecule has 0 aromatic heterocycles. The number of nitrogens with one attached hydrogen (secondary N) is 1. The third-order valence-corrected chi connectivity index (χ3v) is 5.35. The van der Waals surface area contributed by atoms with Gasteiger partial charge in [0.05, 0.1) is 12.7 Å². The summed E-state index contributed by atoms with van der Waals surface area (Å²) in [7, 11) is 1.64. The highest BCUT2D eigenvalue weighted by molar-refractivity contribution is 5.83. The summed E-state index contributed by atoms with van der Waals surface area (Å²) in [5.41, 5.74) is 5.14. The van der Waals surface area contributed by atoms with E-state index in [0.717, 1.165) is 25.5 Å². The summed E-state index contributed by atoms with van der Waals surface area (Å²) in [6.45, 7) is 0.397. The lowest BCUT2D eigenvalue weighted by molar-refractivity contribution is -0.118. The van der Waals surface area contributed by atoms with E-state index in [2.05, 4.69) is 10.3 Å². The minimum atomic E-state index is -0.733. The zero-order valence-corrected chi connectivity index (χ0v) is 14.6. The summed E-state index contributed by atoms with van der Waals surface area (Å²) < 4.78 is 6.12. The van der Waals surface area contributed by atoms with Gasteiger partial charge >= 0.3 is 0 Å². The Balaban J connectivity index is 1.99. The number of rotatable bonds is 7. The second-order valence-corrected chi connectivity index (χ2v) is 7.29. The molecule has 0 spiro atoms. The van der Waals surface area contributed by atoms with Crippen LogP contribution in [0.1, 0.15) is 70.6 Å². The largest absolute Gasteiger partial charge is 0.375 e. The lowest BCUT2D eigenvalue weighted by Gasteiger charge is -2.36. The van der Waals surface area contributed by atoms with Crippen molar-refractivity contribution in [2.45, 2.75) is 82.3 Å². The topological polar surface area (TPSA) is 76.7 Å². The Morgan fingerprint density at radius 1 is 1.17 bits per heavy atom. The predicted octanol–water partition coefficient (Wildman–Crippen LogP) is 2.78. The molecular formula is C18H33N3O2. The van der Waals surface area contributed by atoms with Crippen molar-refractivity contribution in [2.24, 2.45) is 16.6 Å². The maximum absolute atomic E-state index is 12.0. The lowest BCUT2D eigenvalue weighted by atomic mass is 9.80. The number of aliphatic imine (C=N–C) groups is 1. The van der Waals surface area contributed by atoms with Gasteiger partial charge in [-0.1, -0.05) is 51.4 Å². The molecule has 0 aromatic carbocycles. The summed E-state index contributed by atoms with van der Waals surface area (Å²) in [5.74, 6) is 0.890.